The molecule has 0 aromatic rings. The average Bonchev–Trinajstić information content (AvgIpc) is 2.36. The second-order valence-electron chi connectivity index (χ2n) is 7.24. The van der Waals surface area contributed by atoms with E-state index in [0.717, 1.165) is 12.8 Å². The van der Waals surface area contributed by atoms with Crippen molar-refractivity contribution in [3.8, 4) is 0 Å². The summed E-state index contributed by atoms with van der Waals surface area (Å²) < 4.78 is 44.5. The van der Waals surface area contributed by atoms with E-state index >= 15 is 0 Å². The Bertz CT molecular complexity index is 361. The van der Waals surface area contributed by atoms with Gasteiger partial charge in [-0.05, 0) is 30.6 Å². The molecule has 1 aliphatic heterocycles. The Labute approximate surface area is 130 Å². The summed E-state index contributed by atoms with van der Waals surface area (Å²) in [7, 11) is 1.54. The number of nitrogens with one attached hydrogen (secondary N) is 1. The Hall–Kier alpha value is -0.980. The van der Waals surface area contributed by atoms with Crippen LogP contribution in [0.2, 0.25) is 0 Å². The van der Waals surface area contributed by atoms with Crippen molar-refractivity contribution in [2.75, 3.05) is 26.8 Å². The number of carbonyl (C=O) groups excluding carboxylic acids is 1. The van der Waals surface area contributed by atoms with Gasteiger partial charge >= 0.3 is 12.2 Å². The Kier molecular flexibility index (Phi) is 6.52. The fourth-order valence-corrected chi connectivity index (χ4v) is 2.52. The van der Waals surface area contributed by atoms with Crippen LogP contribution in [0, 0.1) is 11.3 Å². The fraction of sp³-hybridized carbons (Fsp3) is 0.933. The largest absolute Gasteiger partial charge is 0.408 e. The minimum absolute atomic E-state index is 0.145. The van der Waals surface area contributed by atoms with E-state index in [1.165, 1.54) is 11.9 Å². The van der Waals surface area contributed by atoms with Gasteiger partial charge < -0.3 is 15.0 Å². The lowest BCUT2D eigenvalue weighted by molar-refractivity contribution is -0.159. The molecule has 2 amide bonds. The maximum atomic E-state index is 13.1. The highest BCUT2D eigenvalue weighted by molar-refractivity contribution is 5.74. The topological polar surface area (TPSA) is 41.6 Å². The first-order chi connectivity index (χ1) is 9.99. The summed E-state index contributed by atoms with van der Waals surface area (Å²) in [5, 5.41) is 2.13. The van der Waals surface area contributed by atoms with Crippen LogP contribution in [0.1, 0.15) is 40.0 Å². The molecule has 1 saturated heterocycles. The molecule has 7 heteroatoms. The predicted octanol–water partition coefficient (Wildman–Crippen LogP) is 3.42. The number of urea groups is 1. The van der Waals surface area contributed by atoms with Crippen molar-refractivity contribution in [1.29, 1.82) is 0 Å². The van der Waals surface area contributed by atoms with E-state index < -0.39 is 23.7 Å². The molecule has 0 bridgehead atoms. The van der Waals surface area contributed by atoms with Gasteiger partial charge in [-0.3, -0.25) is 0 Å². The van der Waals surface area contributed by atoms with Gasteiger partial charge in [0.05, 0.1) is 0 Å². The quantitative estimate of drug-likeness (QED) is 0.861. The molecule has 0 spiro atoms. The maximum Gasteiger partial charge on any atom is 0.408 e. The fourth-order valence-electron chi connectivity index (χ4n) is 2.52. The van der Waals surface area contributed by atoms with E-state index in [1.54, 1.807) is 20.8 Å². The third kappa shape index (κ3) is 6.85. The molecule has 0 aliphatic carbocycles. The van der Waals surface area contributed by atoms with Gasteiger partial charge in [-0.1, -0.05) is 20.8 Å². The normalized spacial score (nSPS) is 18.9. The molecule has 1 atom stereocenters. The Balaban J connectivity index is 2.57. The van der Waals surface area contributed by atoms with Gasteiger partial charge in [0, 0.05) is 26.8 Å². The molecule has 1 N–H and O–H groups in total. The third-order valence-electron chi connectivity index (χ3n) is 3.73. The third-order valence-corrected chi connectivity index (χ3v) is 3.73. The van der Waals surface area contributed by atoms with Crippen LogP contribution in [0.4, 0.5) is 18.0 Å². The van der Waals surface area contributed by atoms with E-state index in [4.69, 9.17) is 4.74 Å². The van der Waals surface area contributed by atoms with E-state index in [-0.39, 0.29) is 12.3 Å². The van der Waals surface area contributed by atoms with Crippen LogP contribution in [0.5, 0.6) is 0 Å². The lowest BCUT2D eigenvalue weighted by Crippen LogP contribution is -2.52. The molecule has 0 saturated carbocycles. The van der Waals surface area contributed by atoms with Crippen molar-refractivity contribution in [3.63, 3.8) is 0 Å². The summed E-state index contributed by atoms with van der Waals surface area (Å²) in [5.74, 6) is 0.288. The van der Waals surface area contributed by atoms with E-state index in [2.05, 4.69) is 5.32 Å². The van der Waals surface area contributed by atoms with Crippen LogP contribution >= 0.6 is 0 Å². The highest BCUT2D eigenvalue weighted by atomic mass is 19.4. The molecule has 0 aromatic heterocycles. The molecule has 4 nitrogen and oxygen atoms in total. The number of hydrogen-bond donors (Lipinski definition) is 1. The highest BCUT2D eigenvalue weighted by Crippen LogP contribution is 2.30. The number of halogens is 3. The summed E-state index contributed by atoms with van der Waals surface area (Å²) in [6, 6.07) is -2.49. The molecule has 0 radical (unpaired) electrons. The number of carbonyl (C=O) groups is 1. The zero-order valence-electron chi connectivity index (χ0n) is 13.8. The zero-order chi connectivity index (χ0) is 17.0. The van der Waals surface area contributed by atoms with Gasteiger partial charge in [0.25, 0.3) is 0 Å². The van der Waals surface area contributed by atoms with Gasteiger partial charge in [0.2, 0.25) is 0 Å². The van der Waals surface area contributed by atoms with Gasteiger partial charge in [-0.2, -0.15) is 13.2 Å². The summed E-state index contributed by atoms with van der Waals surface area (Å²) >= 11 is 0. The van der Waals surface area contributed by atoms with E-state index in [0.29, 0.717) is 19.8 Å². The number of hydrogen-bond acceptors (Lipinski definition) is 2. The van der Waals surface area contributed by atoms with Crippen molar-refractivity contribution in [3.05, 3.63) is 0 Å². The van der Waals surface area contributed by atoms with Crippen molar-refractivity contribution in [2.24, 2.45) is 11.3 Å². The monoisotopic (exact) mass is 324 g/mol. The van der Waals surface area contributed by atoms with Crippen LogP contribution in [0.3, 0.4) is 0 Å². The number of amides is 2. The lowest BCUT2D eigenvalue weighted by atomic mass is 9.88. The number of alkyl halides is 3. The van der Waals surface area contributed by atoms with Crippen LogP contribution in [-0.4, -0.2) is 50.0 Å². The highest BCUT2D eigenvalue weighted by Gasteiger charge is 2.43. The first-order valence-corrected chi connectivity index (χ1v) is 7.65. The predicted molar refractivity (Wildman–Crippen MR) is 78.6 cm³/mol. The molecule has 0 aromatic carbocycles. The lowest BCUT2D eigenvalue weighted by Gasteiger charge is -2.31. The Morgan fingerprint density at radius 3 is 2.27 bits per heavy atom. The summed E-state index contributed by atoms with van der Waals surface area (Å²) in [6.45, 7) is 6.93. The molecule has 1 heterocycles. The molecular weight excluding hydrogens is 297 g/mol. The summed E-state index contributed by atoms with van der Waals surface area (Å²) in [5.41, 5.74) is -0.521. The van der Waals surface area contributed by atoms with Crippen molar-refractivity contribution < 1.29 is 22.7 Å². The van der Waals surface area contributed by atoms with Crippen LogP contribution < -0.4 is 5.32 Å². The second-order valence-corrected chi connectivity index (χ2v) is 7.24. The van der Waals surface area contributed by atoms with Crippen molar-refractivity contribution in [1.82, 2.24) is 10.2 Å². The molecule has 1 rings (SSSR count). The molecule has 22 heavy (non-hydrogen) atoms. The number of nitrogens with zero attached hydrogens (tertiary/aromatic N) is 1. The molecule has 1 aliphatic rings. The first kappa shape index (κ1) is 19.1. The van der Waals surface area contributed by atoms with E-state index in [9.17, 15) is 18.0 Å². The minimum atomic E-state index is -4.44. The smallest absolute Gasteiger partial charge is 0.381 e. The molecule has 0 unspecified atom stereocenters. The van der Waals surface area contributed by atoms with Crippen LogP contribution in [-0.2, 0) is 4.74 Å². The molecule has 130 valence electrons. The molecular formula is C15H27F3N2O2. The van der Waals surface area contributed by atoms with E-state index in [1.807, 2.05) is 0 Å². The first-order valence-electron chi connectivity index (χ1n) is 7.65. The standard InChI is InChI=1S/C15H27F3N2O2/c1-14(2,3)9-12(15(16,17)18)19-13(21)20(4)10-11-5-7-22-8-6-11/h11-12H,5-10H2,1-4H3,(H,19,21)/t12-/m1/s1. The second kappa shape index (κ2) is 7.53. The number of rotatable bonds is 4. The maximum absolute atomic E-state index is 13.1. The zero-order valence-corrected chi connectivity index (χ0v) is 13.8. The number of ether oxygens (including phenoxy) is 1. The molecule has 1 fully saturated rings. The van der Waals surface area contributed by atoms with Gasteiger partial charge in [-0.15, -0.1) is 0 Å². The van der Waals surface area contributed by atoms with Gasteiger partial charge in [-0.25, -0.2) is 4.79 Å². The van der Waals surface area contributed by atoms with Gasteiger partial charge in [0.15, 0.2) is 0 Å². The minimum Gasteiger partial charge on any atom is -0.381 e. The van der Waals surface area contributed by atoms with Crippen LogP contribution in [0.25, 0.3) is 0 Å². The van der Waals surface area contributed by atoms with Crippen LogP contribution in [0.15, 0.2) is 0 Å². The SMILES string of the molecule is CN(CC1CCOCC1)C(=O)N[C@H](CC(C)(C)C)C(F)(F)F. The summed E-state index contributed by atoms with van der Waals surface area (Å²) in [4.78, 5) is 13.4. The Morgan fingerprint density at radius 2 is 1.82 bits per heavy atom. The van der Waals surface area contributed by atoms with Crippen molar-refractivity contribution >= 4 is 6.03 Å². The van der Waals surface area contributed by atoms with Crippen molar-refractivity contribution in [2.45, 2.75) is 52.3 Å². The Morgan fingerprint density at radius 1 is 1.27 bits per heavy atom. The van der Waals surface area contributed by atoms with Gasteiger partial charge in [0.1, 0.15) is 6.04 Å². The average molecular weight is 324 g/mol. The summed E-state index contributed by atoms with van der Waals surface area (Å²) in [6.07, 6.45) is -2.92.